The van der Waals surface area contributed by atoms with Gasteiger partial charge in [-0.25, -0.2) is 0 Å². The van der Waals surface area contributed by atoms with E-state index >= 15 is 0 Å². The van der Waals surface area contributed by atoms with E-state index in [-0.39, 0.29) is 42.4 Å². The molecule has 0 fully saturated rings. The van der Waals surface area contributed by atoms with Crippen molar-refractivity contribution < 1.29 is 60.0 Å². The number of rotatable bonds is 7. The molecule has 6 nitrogen and oxygen atoms in total. The first-order valence-electron chi connectivity index (χ1n) is 7.27. The number of aliphatic hydroxyl groups is 1. The van der Waals surface area contributed by atoms with Gasteiger partial charge in [-0.15, -0.1) is 23.8 Å². The first-order valence-corrected chi connectivity index (χ1v) is 7.27. The van der Waals surface area contributed by atoms with Crippen molar-refractivity contribution in [3.8, 4) is 23.0 Å². The van der Waals surface area contributed by atoms with Crippen molar-refractivity contribution in [3.05, 3.63) is 59.4 Å². The molecule has 2 aromatic rings. The van der Waals surface area contributed by atoms with E-state index in [2.05, 4.69) is 12.1 Å². The first-order chi connectivity index (χ1) is 12.0. The molecule has 0 amide bonds. The second-order valence-electron chi connectivity index (χ2n) is 4.85. The zero-order chi connectivity index (χ0) is 18.4. The summed E-state index contributed by atoms with van der Waals surface area (Å²) in [6.45, 7) is 0. The molecule has 0 aliphatic rings. The Kier molecular flexibility index (Phi) is 8.57. The third kappa shape index (κ3) is 4.96. The summed E-state index contributed by atoms with van der Waals surface area (Å²) in [4.78, 5) is 12.5. The van der Waals surface area contributed by atoms with Crippen molar-refractivity contribution in [1.82, 2.24) is 0 Å². The van der Waals surface area contributed by atoms with Gasteiger partial charge in [0.15, 0.2) is 0 Å². The Morgan fingerprint density at radius 3 is 2.15 bits per heavy atom. The molecule has 0 spiro atoms. The van der Waals surface area contributed by atoms with Crippen LogP contribution in [-0.4, -0.2) is 39.3 Å². The Balaban J connectivity index is 0.00000338. The number of carbonyl (C=O) groups excluding carboxylic acids is 1. The average Bonchev–Trinajstić information content (AvgIpc) is 2.66. The predicted molar refractivity (Wildman–Crippen MR) is 90.7 cm³/mol. The van der Waals surface area contributed by atoms with Gasteiger partial charge in [-0.1, -0.05) is 23.8 Å². The zero-order valence-electron chi connectivity index (χ0n) is 14.9. The van der Waals surface area contributed by atoms with E-state index in [0.717, 1.165) is 0 Å². The minimum Gasteiger partial charge on any atom is -0.540 e. The second-order valence-corrected chi connectivity index (χ2v) is 4.85. The van der Waals surface area contributed by atoms with Gasteiger partial charge in [0.2, 0.25) is 0 Å². The van der Waals surface area contributed by atoms with E-state index in [9.17, 15) is 9.90 Å². The fourth-order valence-electron chi connectivity index (χ4n) is 2.12. The van der Waals surface area contributed by atoms with Crippen LogP contribution in [0.25, 0.3) is 0 Å². The van der Waals surface area contributed by atoms with Crippen molar-refractivity contribution in [2.45, 2.75) is 0 Å². The Morgan fingerprint density at radius 2 is 1.58 bits per heavy atom. The van der Waals surface area contributed by atoms with E-state index in [1.807, 2.05) is 0 Å². The maximum atomic E-state index is 12.5. The van der Waals surface area contributed by atoms with Crippen molar-refractivity contribution in [2.24, 2.45) is 0 Å². The van der Waals surface area contributed by atoms with Crippen LogP contribution in [0, 0.1) is 43.3 Å². The third-order valence-corrected chi connectivity index (χ3v) is 3.44. The molecule has 2 rings (SSSR count). The number of hydrogen-bond donors (Lipinski definition) is 1. The number of methoxy groups -OCH3 is 4. The van der Waals surface area contributed by atoms with E-state index in [0.29, 0.717) is 22.8 Å². The van der Waals surface area contributed by atoms with Gasteiger partial charge in [0.1, 0.15) is 11.5 Å². The van der Waals surface area contributed by atoms with Crippen LogP contribution in [0.15, 0.2) is 36.1 Å². The zero-order valence-corrected chi connectivity index (χ0v) is 19.0. The Hall–Kier alpha value is -2.10. The van der Waals surface area contributed by atoms with Gasteiger partial charge in [0, 0.05) is 17.2 Å². The first kappa shape index (κ1) is 21.9. The topological polar surface area (TPSA) is 74.2 Å². The normalized spacial score (nSPS) is 10.5. The fourth-order valence-corrected chi connectivity index (χ4v) is 2.12. The summed E-state index contributed by atoms with van der Waals surface area (Å²) >= 11 is 0. The van der Waals surface area contributed by atoms with Crippen LogP contribution in [-0.2, 0) is 0 Å². The predicted octanol–water partition coefficient (Wildman–Crippen LogP) is 3.00. The maximum absolute atomic E-state index is 12.5. The summed E-state index contributed by atoms with van der Waals surface area (Å²) in [7, 11) is 5.90. The van der Waals surface area contributed by atoms with Gasteiger partial charge < -0.3 is 28.8 Å². The monoisotopic (exact) mass is 580 g/mol. The van der Waals surface area contributed by atoms with Crippen molar-refractivity contribution in [3.63, 3.8) is 0 Å². The molecular formula is C19H18O6U. The van der Waals surface area contributed by atoms with E-state index in [4.69, 9.17) is 18.9 Å². The Morgan fingerprint density at radius 1 is 0.962 bits per heavy atom. The van der Waals surface area contributed by atoms with Crippen molar-refractivity contribution in [2.75, 3.05) is 28.4 Å². The molecule has 134 valence electrons. The molecule has 0 saturated heterocycles. The number of hydrogen-bond acceptors (Lipinski definition) is 6. The fraction of sp³-hybridized carbons (Fsp3) is 0.211. The molecule has 0 heterocycles. The average molecular weight is 580 g/mol. The summed E-state index contributed by atoms with van der Waals surface area (Å²) in [6.07, 6.45) is 2.63. The number of allylic oxidation sites excluding steroid dienone is 1. The molecule has 0 unspecified atom stereocenters. The Labute approximate surface area is 176 Å². The van der Waals surface area contributed by atoms with E-state index in [1.54, 1.807) is 18.2 Å². The van der Waals surface area contributed by atoms with Gasteiger partial charge >= 0.3 is 31.1 Å². The summed E-state index contributed by atoms with van der Waals surface area (Å²) in [5.74, 6) is 0.431. The molecular weight excluding hydrogens is 562 g/mol. The molecule has 0 aliphatic heterocycles. The molecule has 1 N–H and O–H groups in total. The van der Waals surface area contributed by atoms with Crippen LogP contribution in [0.3, 0.4) is 0 Å². The number of ether oxygens (including phenoxy) is 4. The number of carbonyl (C=O) groups is 1. The summed E-state index contributed by atoms with van der Waals surface area (Å²) in [5.41, 5.74) is 0.474. The largest absolute Gasteiger partial charge is 2.00 e. The molecule has 0 atom stereocenters. The second kappa shape index (κ2) is 10.1. The quantitative estimate of drug-likeness (QED) is 0.235. The minimum absolute atomic E-state index is 0. The van der Waals surface area contributed by atoms with Crippen LogP contribution in [0.1, 0.15) is 15.9 Å². The van der Waals surface area contributed by atoms with Gasteiger partial charge in [0.25, 0.3) is 0 Å². The molecule has 0 aromatic heterocycles. The number of benzene rings is 2. The van der Waals surface area contributed by atoms with Gasteiger partial charge in [-0.3, -0.25) is 0 Å². The van der Waals surface area contributed by atoms with Crippen LogP contribution < -0.4 is 18.9 Å². The summed E-state index contributed by atoms with van der Waals surface area (Å²) in [6, 6.07) is 10.7. The molecule has 7 heteroatoms. The molecule has 0 saturated carbocycles. The standard InChI is InChI=1S/C19H18O6.U/c1-22-13-6-5-12(17(10-13)24-3)9-16(20)19(21)15-8-7-14(23-2)11-18(15)25-4;/h5-7,10-11,20H,1-4H3;/q-2;+2. The number of Topliss-reactive ketones (excluding diaryl/α,β-unsaturated/α-hetero) is 1. The molecule has 2 aromatic carbocycles. The maximum Gasteiger partial charge on any atom is 2.00 e. The smallest absolute Gasteiger partial charge is 0.540 e. The minimum atomic E-state index is -0.683. The van der Waals surface area contributed by atoms with Crippen LogP contribution in [0.2, 0.25) is 0 Å². The third-order valence-electron chi connectivity index (χ3n) is 3.44. The number of ketones is 1. The molecule has 0 radical (unpaired) electrons. The Bertz CT molecular complexity index is 801. The summed E-state index contributed by atoms with van der Waals surface area (Å²) < 4.78 is 20.6. The van der Waals surface area contributed by atoms with Crippen molar-refractivity contribution >= 4 is 5.78 Å². The van der Waals surface area contributed by atoms with Crippen LogP contribution in [0.5, 0.6) is 23.0 Å². The summed E-state index contributed by atoms with van der Waals surface area (Å²) in [5, 5.41) is 10.2. The van der Waals surface area contributed by atoms with Gasteiger partial charge in [-0.05, 0) is 6.07 Å². The van der Waals surface area contributed by atoms with Gasteiger partial charge in [-0.2, -0.15) is 0 Å². The van der Waals surface area contributed by atoms with Crippen LogP contribution >= 0.6 is 0 Å². The molecule has 26 heavy (non-hydrogen) atoms. The SMILES string of the molecule is COc1c[c-]c(C(=O)C(O)=[C-]c2ccc(OC)cc2OC)c(OC)c1.[U+2]. The van der Waals surface area contributed by atoms with Crippen molar-refractivity contribution in [1.29, 1.82) is 0 Å². The van der Waals surface area contributed by atoms with Gasteiger partial charge in [0.05, 0.1) is 34.2 Å². The van der Waals surface area contributed by atoms with E-state index in [1.165, 1.54) is 40.6 Å². The van der Waals surface area contributed by atoms with E-state index < -0.39 is 11.5 Å². The number of aliphatic hydroxyl groups excluding tert-OH is 1. The molecule has 0 aliphatic carbocycles. The van der Waals surface area contributed by atoms with Crippen LogP contribution in [0.4, 0.5) is 0 Å². The molecule has 0 bridgehead atoms.